The molecule has 3 aromatic rings. The van der Waals surface area contributed by atoms with Gasteiger partial charge in [0.25, 0.3) is 0 Å². The summed E-state index contributed by atoms with van der Waals surface area (Å²) in [6.07, 6.45) is 1.68. The molecule has 1 heterocycles. The normalized spacial score (nSPS) is 11.0. The molecule has 0 saturated heterocycles. The Kier molecular flexibility index (Phi) is 4.11. The van der Waals surface area contributed by atoms with Crippen LogP contribution in [0, 0.1) is 5.82 Å². The van der Waals surface area contributed by atoms with E-state index in [1.807, 2.05) is 30.3 Å². The molecule has 1 aromatic heterocycles. The molecule has 110 valence electrons. The fraction of sp³-hybridized carbons (Fsp3) is 0. The third-order valence-corrected chi connectivity index (χ3v) is 3.71. The van der Waals surface area contributed by atoms with Crippen molar-refractivity contribution in [2.75, 3.05) is 11.2 Å². The zero-order valence-corrected chi connectivity index (χ0v) is 12.3. The number of nitrogens with one attached hydrogen (secondary N) is 1. The molecule has 0 radical (unpaired) electrons. The highest BCUT2D eigenvalue weighted by atomic mass is 32.1. The van der Waals surface area contributed by atoms with Gasteiger partial charge < -0.3 is 5.73 Å². The van der Waals surface area contributed by atoms with E-state index in [1.54, 1.807) is 17.7 Å². The molecule has 0 aliphatic carbocycles. The van der Waals surface area contributed by atoms with Crippen LogP contribution in [0.25, 0.3) is 11.1 Å². The van der Waals surface area contributed by atoms with Crippen LogP contribution < -0.4 is 11.2 Å². The quantitative estimate of drug-likeness (QED) is 0.566. The zero-order chi connectivity index (χ0) is 15.4. The van der Waals surface area contributed by atoms with E-state index in [4.69, 9.17) is 5.73 Å². The summed E-state index contributed by atoms with van der Waals surface area (Å²) in [6, 6.07) is 14.2. The van der Waals surface area contributed by atoms with Crippen LogP contribution in [-0.2, 0) is 0 Å². The highest BCUT2D eigenvalue weighted by Gasteiger charge is 2.00. The number of nitrogen functional groups attached to an aromatic ring is 1. The molecule has 0 bridgehead atoms. The van der Waals surface area contributed by atoms with Crippen molar-refractivity contribution < 1.29 is 4.39 Å². The van der Waals surface area contributed by atoms with Crippen molar-refractivity contribution in [2.24, 2.45) is 5.10 Å². The van der Waals surface area contributed by atoms with Crippen LogP contribution in [0.5, 0.6) is 0 Å². The van der Waals surface area contributed by atoms with E-state index in [1.165, 1.54) is 23.5 Å². The average Bonchev–Trinajstić information content (AvgIpc) is 2.93. The fourth-order valence-electron chi connectivity index (χ4n) is 1.97. The standard InChI is InChI=1S/C16H13FN4S/c17-14-6-2-5-13(8-14)12-4-1-3-11(7-12)9-19-21-16-20-15(18)10-22-16/h1-10H,18H2,(H,20,21). The van der Waals surface area contributed by atoms with E-state index in [0.717, 1.165) is 16.7 Å². The van der Waals surface area contributed by atoms with Crippen LogP contribution in [0.3, 0.4) is 0 Å². The maximum atomic E-state index is 13.3. The lowest BCUT2D eigenvalue weighted by molar-refractivity contribution is 0.628. The Balaban J connectivity index is 1.76. The largest absolute Gasteiger partial charge is 0.383 e. The van der Waals surface area contributed by atoms with Crippen molar-refractivity contribution in [2.45, 2.75) is 0 Å². The summed E-state index contributed by atoms with van der Waals surface area (Å²) in [4.78, 5) is 4.05. The lowest BCUT2D eigenvalue weighted by atomic mass is 10.0. The van der Waals surface area contributed by atoms with Crippen molar-refractivity contribution >= 4 is 28.5 Å². The second-order valence-corrected chi connectivity index (χ2v) is 5.44. The van der Waals surface area contributed by atoms with Crippen LogP contribution in [-0.4, -0.2) is 11.2 Å². The van der Waals surface area contributed by atoms with E-state index in [-0.39, 0.29) is 5.82 Å². The van der Waals surface area contributed by atoms with Gasteiger partial charge in [0, 0.05) is 5.38 Å². The molecule has 0 spiro atoms. The summed E-state index contributed by atoms with van der Waals surface area (Å²) < 4.78 is 13.3. The van der Waals surface area contributed by atoms with E-state index in [9.17, 15) is 4.39 Å². The number of hydrogen-bond donors (Lipinski definition) is 2. The Hall–Kier alpha value is -2.73. The van der Waals surface area contributed by atoms with Crippen molar-refractivity contribution in [3.05, 3.63) is 65.3 Å². The molecule has 4 nitrogen and oxygen atoms in total. The third kappa shape index (κ3) is 3.48. The molecule has 3 rings (SSSR count). The number of rotatable bonds is 4. The molecule has 0 amide bonds. The van der Waals surface area contributed by atoms with Crippen molar-refractivity contribution in [1.82, 2.24) is 4.98 Å². The Morgan fingerprint density at radius 1 is 1.14 bits per heavy atom. The monoisotopic (exact) mass is 312 g/mol. The molecular weight excluding hydrogens is 299 g/mol. The number of benzene rings is 2. The molecule has 0 saturated carbocycles. The highest BCUT2D eigenvalue weighted by molar-refractivity contribution is 7.14. The summed E-state index contributed by atoms with van der Waals surface area (Å²) in [5.74, 6) is 0.218. The van der Waals surface area contributed by atoms with Gasteiger partial charge in [-0.15, -0.1) is 11.3 Å². The van der Waals surface area contributed by atoms with Gasteiger partial charge in [-0.25, -0.2) is 9.37 Å². The maximum Gasteiger partial charge on any atom is 0.205 e. The minimum atomic E-state index is -0.250. The van der Waals surface area contributed by atoms with Crippen LogP contribution in [0.1, 0.15) is 5.56 Å². The zero-order valence-electron chi connectivity index (χ0n) is 11.5. The van der Waals surface area contributed by atoms with E-state index in [0.29, 0.717) is 10.9 Å². The lowest BCUT2D eigenvalue weighted by Gasteiger charge is -2.03. The highest BCUT2D eigenvalue weighted by Crippen LogP contribution is 2.21. The minimum Gasteiger partial charge on any atom is -0.383 e. The Labute approximate surface area is 131 Å². The predicted molar refractivity (Wildman–Crippen MR) is 89.6 cm³/mol. The summed E-state index contributed by atoms with van der Waals surface area (Å²) in [5, 5.41) is 6.49. The number of aromatic nitrogens is 1. The van der Waals surface area contributed by atoms with Gasteiger partial charge in [0.05, 0.1) is 6.21 Å². The van der Waals surface area contributed by atoms with Gasteiger partial charge in [0.15, 0.2) is 0 Å². The van der Waals surface area contributed by atoms with Crippen LogP contribution >= 0.6 is 11.3 Å². The topological polar surface area (TPSA) is 63.3 Å². The van der Waals surface area contributed by atoms with Crippen LogP contribution in [0.15, 0.2) is 59.0 Å². The van der Waals surface area contributed by atoms with Gasteiger partial charge in [0.2, 0.25) is 5.13 Å². The summed E-state index contributed by atoms with van der Waals surface area (Å²) >= 11 is 1.38. The number of thiazole rings is 1. The first-order chi connectivity index (χ1) is 10.7. The predicted octanol–water partition coefficient (Wildman–Crippen LogP) is 3.98. The summed E-state index contributed by atoms with van der Waals surface area (Å²) in [6.45, 7) is 0. The number of hydrogen-bond acceptors (Lipinski definition) is 5. The van der Waals surface area contributed by atoms with Crippen molar-refractivity contribution in [3.63, 3.8) is 0 Å². The molecule has 6 heteroatoms. The van der Waals surface area contributed by atoms with Crippen molar-refractivity contribution in [1.29, 1.82) is 0 Å². The van der Waals surface area contributed by atoms with Gasteiger partial charge in [-0.3, -0.25) is 5.43 Å². The number of nitrogens with two attached hydrogens (primary N) is 1. The number of nitrogens with zero attached hydrogens (tertiary/aromatic N) is 2. The molecule has 3 N–H and O–H groups in total. The van der Waals surface area contributed by atoms with Gasteiger partial charge in [-0.05, 0) is 34.9 Å². The third-order valence-electron chi connectivity index (χ3n) is 2.94. The van der Waals surface area contributed by atoms with Gasteiger partial charge >= 0.3 is 0 Å². The summed E-state index contributed by atoms with van der Waals surface area (Å²) in [5.41, 5.74) is 11.0. The SMILES string of the molecule is Nc1csc(NN=Cc2cccc(-c3cccc(F)c3)c2)n1. The first-order valence-electron chi connectivity index (χ1n) is 6.57. The first kappa shape index (κ1) is 14.2. The molecule has 0 unspecified atom stereocenters. The minimum absolute atomic E-state index is 0.250. The van der Waals surface area contributed by atoms with Crippen LogP contribution in [0.2, 0.25) is 0 Å². The lowest BCUT2D eigenvalue weighted by Crippen LogP contribution is -1.91. The van der Waals surface area contributed by atoms with Crippen molar-refractivity contribution in [3.8, 4) is 11.1 Å². The molecule has 22 heavy (non-hydrogen) atoms. The van der Waals surface area contributed by atoms with E-state index < -0.39 is 0 Å². The van der Waals surface area contributed by atoms with Gasteiger partial charge in [-0.1, -0.05) is 30.3 Å². The number of halogens is 1. The molecule has 0 aliphatic heterocycles. The Morgan fingerprint density at radius 3 is 2.64 bits per heavy atom. The number of anilines is 2. The Morgan fingerprint density at radius 2 is 1.91 bits per heavy atom. The second-order valence-electron chi connectivity index (χ2n) is 4.58. The first-order valence-corrected chi connectivity index (χ1v) is 7.45. The molecule has 0 atom stereocenters. The smallest absolute Gasteiger partial charge is 0.205 e. The second kappa shape index (κ2) is 6.36. The Bertz CT molecular complexity index is 813. The molecule has 2 aromatic carbocycles. The molecule has 0 aliphatic rings. The maximum absolute atomic E-state index is 13.3. The van der Waals surface area contributed by atoms with E-state index in [2.05, 4.69) is 15.5 Å². The van der Waals surface area contributed by atoms with Gasteiger partial charge in [0.1, 0.15) is 11.6 Å². The van der Waals surface area contributed by atoms with Gasteiger partial charge in [-0.2, -0.15) is 5.10 Å². The average molecular weight is 312 g/mol. The van der Waals surface area contributed by atoms with E-state index >= 15 is 0 Å². The molecular formula is C16H13FN4S. The number of hydrazone groups is 1. The fourth-order valence-corrected chi connectivity index (χ4v) is 2.51. The summed E-state index contributed by atoms with van der Waals surface area (Å²) in [7, 11) is 0. The van der Waals surface area contributed by atoms with Crippen LogP contribution in [0.4, 0.5) is 15.3 Å². The molecule has 0 fully saturated rings.